The highest BCUT2D eigenvalue weighted by molar-refractivity contribution is 5.83. The molecule has 1 heterocycles. The monoisotopic (exact) mass is 290 g/mol. The molecule has 3 N–H and O–H groups in total. The van der Waals surface area contributed by atoms with Gasteiger partial charge in [0, 0.05) is 19.6 Å². The van der Waals surface area contributed by atoms with E-state index in [1.165, 1.54) is 13.0 Å². The quantitative estimate of drug-likeness (QED) is 0.459. The molecule has 0 bridgehead atoms. The average molecular weight is 290 g/mol. The number of carbonyl (C=O) groups is 1. The second-order valence-electron chi connectivity index (χ2n) is 6.11. The summed E-state index contributed by atoms with van der Waals surface area (Å²) < 4.78 is 0. The number of amides is 1. The summed E-state index contributed by atoms with van der Waals surface area (Å²) in [5.41, 5.74) is 3.31. The van der Waals surface area contributed by atoms with E-state index in [0.29, 0.717) is 12.5 Å². The zero-order chi connectivity index (χ0) is 15.2. The Balaban J connectivity index is 1.96. The first kappa shape index (κ1) is 15.9. The van der Waals surface area contributed by atoms with Crippen LogP contribution in [0.15, 0.2) is 30.3 Å². The van der Waals surface area contributed by atoms with Gasteiger partial charge in [0.2, 0.25) is 5.91 Å². The average Bonchev–Trinajstić information content (AvgIpc) is 2.90. The Kier molecular flexibility index (Phi) is 5.73. The first-order chi connectivity index (χ1) is 10.1. The number of nitrogens with zero attached hydrogens (tertiary/aromatic N) is 2. The van der Waals surface area contributed by atoms with Crippen LogP contribution in [0.2, 0.25) is 0 Å². The van der Waals surface area contributed by atoms with Gasteiger partial charge >= 0.3 is 0 Å². The molecule has 2 unspecified atom stereocenters. The highest BCUT2D eigenvalue weighted by Crippen LogP contribution is 2.19. The predicted molar refractivity (Wildman–Crippen MR) is 84.6 cm³/mol. The van der Waals surface area contributed by atoms with Crippen molar-refractivity contribution in [1.29, 1.82) is 0 Å². The van der Waals surface area contributed by atoms with Gasteiger partial charge in [-0.3, -0.25) is 10.2 Å². The fraction of sp³-hybridized carbons (Fsp3) is 0.562. The fourth-order valence-corrected chi connectivity index (χ4v) is 3.13. The minimum atomic E-state index is -0.222. The van der Waals surface area contributed by atoms with Gasteiger partial charge in [-0.25, -0.2) is 5.84 Å². The minimum Gasteiger partial charge on any atom is -0.306 e. The Morgan fingerprint density at radius 1 is 1.48 bits per heavy atom. The molecular weight excluding hydrogens is 264 g/mol. The van der Waals surface area contributed by atoms with Crippen molar-refractivity contribution in [2.24, 2.45) is 11.8 Å². The molecule has 0 aromatic heterocycles. The maximum atomic E-state index is 12.1. The number of hydrogen-bond acceptors (Lipinski definition) is 4. The minimum absolute atomic E-state index is 0.128. The van der Waals surface area contributed by atoms with Crippen LogP contribution in [-0.2, 0) is 4.79 Å². The van der Waals surface area contributed by atoms with Crippen LogP contribution in [-0.4, -0.2) is 56.0 Å². The summed E-state index contributed by atoms with van der Waals surface area (Å²) in [4.78, 5) is 16.7. The highest BCUT2D eigenvalue weighted by atomic mass is 16.2. The first-order valence-electron chi connectivity index (χ1n) is 7.52. The third-order valence-electron chi connectivity index (χ3n) is 4.21. The summed E-state index contributed by atoms with van der Waals surface area (Å²) in [6.45, 7) is 4.02. The first-order valence-corrected chi connectivity index (χ1v) is 7.52. The molecule has 1 fully saturated rings. The van der Waals surface area contributed by atoms with Gasteiger partial charge < -0.3 is 9.80 Å². The number of benzene rings is 1. The molecular formula is C16H26N4O. The zero-order valence-electron chi connectivity index (χ0n) is 13.0. The van der Waals surface area contributed by atoms with E-state index >= 15 is 0 Å². The van der Waals surface area contributed by atoms with Gasteiger partial charge in [0.25, 0.3) is 0 Å². The lowest BCUT2D eigenvalue weighted by molar-refractivity contribution is -0.123. The number of hydrazine groups is 1. The maximum absolute atomic E-state index is 12.1. The summed E-state index contributed by atoms with van der Waals surface area (Å²) in [5, 5.41) is 0. The van der Waals surface area contributed by atoms with E-state index < -0.39 is 0 Å². The molecule has 5 heteroatoms. The molecule has 1 aromatic carbocycles. The van der Waals surface area contributed by atoms with Crippen molar-refractivity contribution in [1.82, 2.24) is 15.2 Å². The van der Waals surface area contributed by atoms with Crippen LogP contribution < -0.4 is 11.3 Å². The molecule has 0 aliphatic carbocycles. The SMILES string of the molecule is CN1CCC(CN(C)CC(C(=O)NN)c2ccccc2)C1. The Bertz CT molecular complexity index is 451. The molecule has 1 aromatic rings. The van der Waals surface area contributed by atoms with Crippen molar-refractivity contribution in [2.45, 2.75) is 12.3 Å². The Morgan fingerprint density at radius 2 is 2.19 bits per heavy atom. The highest BCUT2D eigenvalue weighted by Gasteiger charge is 2.25. The summed E-state index contributed by atoms with van der Waals surface area (Å²) in [7, 11) is 4.24. The van der Waals surface area contributed by atoms with Crippen LogP contribution in [0.4, 0.5) is 0 Å². The summed E-state index contributed by atoms with van der Waals surface area (Å²) in [6.07, 6.45) is 1.24. The number of likely N-dealkylation sites (N-methyl/N-ethyl adjacent to an activating group) is 1. The summed E-state index contributed by atoms with van der Waals surface area (Å²) >= 11 is 0. The lowest BCUT2D eigenvalue weighted by Crippen LogP contribution is -2.40. The molecule has 2 atom stereocenters. The van der Waals surface area contributed by atoms with Crippen LogP contribution >= 0.6 is 0 Å². The topological polar surface area (TPSA) is 61.6 Å². The summed E-state index contributed by atoms with van der Waals surface area (Å²) in [6, 6.07) is 9.84. The number of hydrogen-bond donors (Lipinski definition) is 2. The molecule has 116 valence electrons. The number of nitrogens with two attached hydrogens (primary N) is 1. The second kappa shape index (κ2) is 7.54. The van der Waals surface area contributed by atoms with E-state index in [1.807, 2.05) is 30.3 Å². The Labute approximate surface area is 127 Å². The maximum Gasteiger partial charge on any atom is 0.242 e. The van der Waals surface area contributed by atoms with Crippen LogP contribution in [0.25, 0.3) is 0 Å². The van der Waals surface area contributed by atoms with Gasteiger partial charge in [-0.1, -0.05) is 30.3 Å². The lowest BCUT2D eigenvalue weighted by atomic mass is 9.97. The Morgan fingerprint density at radius 3 is 2.76 bits per heavy atom. The normalized spacial score (nSPS) is 20.7. The van der Waals surface area contributed by atoms with Gasteiger partial charge in [-0.15, -0.1) is 0 Å². The molecule has 1 amide bonds. The zero-order valence-corrected chi connectivity index (χ0v) is 13.0. The predicted octanol–water partition coefficient (Wildman–Crippen LogP) is 0.644. The van der Waals surface area contributed by atoms with Crippen molar-refractivity contribution < 1.29 is 4.79 Å². The van der Waals surface area contributed by atoms with Gasteiger partial charge in [0.15, 0.2) is 0 Å². The van der Waals surface area contributed by atoms with Crippen molar-refractivity contribution in [3.63, 3.8) is 0 Å². The third-order valence-corrected chi connectivity index (χ3v) is 4.21. The molecule has 0 saturated carbocycles. The van der Waals surface area contributed by atoms with E-state index in [-0.39, 0.29) is 11.8 Å². The second-order valence-corrected chi connectivity index (χ2v) is 6.11. The van der Waals surface area contributed by atoms with E-state index in [2.05, 4.69) is 29.3 Å². The number of rotatable bonds is 6. The number of carbonyl (C=O) groups excluding carboxylic acids is 1. The van der Waals surface area contributed by atoms with Gasteiger partial charge in [0.05, 0.1) is 5.92 Å². The van der Waals surface area contributed by atoms with Crippen LogP contribution in [0.3, 0.4) is 0 Å². The molecule has 1 aliphatic heterocycles. The molecule has 5 nitrogen and oxygen atoms in total. The van der Waals surface area contributed by atoms with Crippen LogP contribution in [0.5, 0.6) is 0 Å². The molecule has 21 heavy (non-hydrogen) atoms. The number of nitrogens with one attached hydrogen (secondary N) is 1. The van der Waals surface area contributed by atoms with Gasteiger partial charge in [0.1, 0.15) is 0 Å². The standard InChI is InChI=1S/C16H26N4O/c1-19-9-8-13(10-19)11-20(2)12-15(16(21)18-17)14-6-4-3-5-7-14/h3-7,13,15H,8-12,17H2,1-2H3,(H,18,21). The summed E-state index contributed by atoms with van der Waals surface area (Å²) in [5.74, 6) is 5.68. The third kappa shape index (κ3) is 4.52. The molecule has 1 saturated heterocycles. The van der Waals surface area contributed by atoms with Gasteiger partial charge in [-0.05, 0) is 38.5 Å². The van der Waals surface area contributed by atoms with E-state index in [1.54, 1.807) is 0 Å². The molecule has 0 radical (unpaired) electrons. The van der Waals surface area contributed by atoms with E-state index in [0.717, 1.165) is 18.7 Å². The molecule has 1 aliphatic rings. The lowest BCUT2D eigenvalue weighted by Gasteiger charge is -2.25. The fourth-order valence-electron chi connectivity index (χ4n) is 3.13. The van der Waals surface area contributed by atoms with Crippen LogP contribution in [0.1, 0.15) is 17.9 Å². The Hall–Kier alpha value is -1.43. The van der Waals surface area contributed by atoms with E-state index in [9.17, 15) is 4.79 Å². The van der Waals surface area contributed by atoms with Crippen molar-refractivity contribution in [3.05, 3.63) is 35.9 Å². The largest absolute Gasteiger partial charge is 0.306 e. The van der Waals surface area contributed by atoms with Crippen molar-refractivity contribution in [2.75, 3.05) is 40.3 Å². The smallest absolute Gasteiger partial charge is 0.242 e. The van der Waals surface area contributed by atoms with Gasteiger partial charge in [-0.2, -0.15) is 0 Å². The molecule has 2 rings (SSSR count). The van der Waals surface area contributed by atoms with Crippen molar-refractivity contribution >= 4 is 5.91 Å². The van der Waals surface area contributed by atoms with Crippen molar-refractivity contribution in [3.8, 4) is 0 Å². The van der Waals surface area contributed by atoms with E-state index in [4.69, 9.17) is 5.84 Å². The number of likely N-dealkylation sites (tertiary alicyclic amines) is 1. The van der Waals surface area contributed by atoms with Crippen LogP contribution in [0, 0.1) is 5.92 Å². The molecule has 0 spiro atoms.